The molecule has 3 nitrogen and oxygen atoms in total. The third-order valence-electron chi connectivity index (χ3n) is 2.16. The van der Waals surface area contributed by atoms with Gasteiger partial charge in [-0.1, -0.05) is 48.5 Å². The van der Waals surface area contributed by atoms with E-state index in [2.05, 4.69) is 48.5 Å². The third kappa shape index (κ3) is 5.04. The minimum Gasteiger partial charge on any atom is -0.0616 e. The zero-order valence-electron chi connectivity index (χ0n) is 10.3. The van der Waals surface area contributed by atoms with Crippen molar-refractivity contribution in [1.82, 2.24) is 0 Å². The molecule has 2 rings (SSSR count). The van der Waals surface area contributed by atoms with Crippen molar-refractivity contribution in [3.8, 4) is 0 Å². The summed E-state index contributed by atoms with van der Waals surface area (Å²) >= 11 is -2.15. The van der Waals surface area contributed by atoms with Crippen molar-refractivity contribution >= 4 is 31.8 Å². The van der Waals surface area contributed by atoms with Crippen molar-refractivity contribution in [3.05, 3.63) is 48.5 Å². The van der Waals surface area contributed by atoms with Crippen molar-refractivity contribution in [2.24, 2.45) is 0 Å². The van der Waals surface area contributed by atoms with E-state index in [1.807, 2.05) is 0 Å². The Morgan fingerprint density at radius 1 is 0.647 bits per heavy atom. The minimum atomic E-state index is -2.15. The Labute approximate surface area is 111 Å². The molecule has 0 saturated heterocycles. The molecular formula is C13H17O3Sn. The van der Waals surface area contributed by atoms with Crippen LogP contribution in [-0.4, -0.2) is 42.3 Å². The molecule has 0 saturated carbocycles. The molecule has 0 aliphatic rings. The minimum absolute atomic E-state index is 1.31. The Kier molecular flexibility index (Phi) is 7.19. The molecule has 17 heavy (non-hydrogen) atoms. The Bertz CT molecular complexity index is 359. The molecule has 0 aliphatic carbocycles. The van der Waals surface area contributed by atoms with E-state index in [1.54, 1.807) is 21.3 Å². The summed E-state index contributed by atoms with van der Waals surface area (Å²) in [6.07, 6.45) is 0. The summed E-state index contributed by atoms with van der Waals surface area (Å²) in [5, 5.41) is 2.62. The SMILES string of the molecule is C[O][Sn]([O]C)[O]C.c1ccc2ccccc2c1. The predicted octanol–water partition coefficient (Wildman–Crippen LogP) is 2.75. The summed E-state index contributed by atoms with van der Waals surface area (Å²) in [4.78, 5) is 0. The Morgan fingerprint density at radius 3 is 1.12 bits per heavy atom. The maximum atomic E-state index is 4.80. The molecule has 0 amide bonds. The van der Waals surface area contributed by atoms with Gasteiger partial charge in [0.15, 0.2) is 0 Å². The van der Waals surface area contributed by atoms with Crippen LogP contribution in [0.2, 0.25) is 0 Å². The van der Waals surface area contributed by atoms with E-state index in [0.29, 0.717) is 0 Å². The number of fused-ring (bicyclic) bond motifs is 1. The van der Waals surface area contributed by atoms with Crippen molar-refractivity contribution in [3.63, 3.8) is 0 Å². The van der Waals surface area contributed by atoms with Crippen LogP contribution in [0.4, 0.5) is 0 Å². The summed E-state index contributed by atoms with van der Waals surface area (Å²) in [6.45, 7) is 0. The van der Waals surface area contributed by atoms with E-state index in [1.165, 1.54) is 10.8 Å². The van der Waals surface area contributed by atoms with Crippen LogP contribution >= 0.6 is 0 Å². The average Bonchev–Trinajstić information content (AvgIpc) is 2.42. The molecule has 0 spiro atoms. The normalized spacial score (nSPS) is 10.1. The monoisotopic (exact) mass is 341 g/mol. The molecule has 0 aliphatic heterocycles. The van der Waals surface area contributed by atoms with Crippen LogP contribution in [0.25, 0.3) is 10.8 Å². The fourth-order valence-electron chi connectivity index (χ4n) is 1.38. The van der Waals surface area contributed by atoms with Gasteiger partial charge in [0.25, 0.3) is 0 Å². The molecule has 0 unspecified atom stereocenters. The van der Waals surface area contributed by atoms with Crippen LogP contribution in [0.1, 0.15) is 0 Å². The fourth-order valence-corrected chi connectivity index (χ4v) is 2.81. The molecule has 91 valence electrons. The first-order valence-corrected chi connectivity index (χ1v) is 8.74. The third-order valence-corrected chi connectivity index (χ3v) is 5.01. The molecule has 2 aromatic carbocycles. The zero-order valence-corrected chi connectivity index (χ0v) is 13.2. The summed E-state index contributed by atoms with van der Waals surface area (Å²) in [5.41, 5.74) is 0. The van der Waals surface area contributed by atoms with Gasteiger partial charge in [0, 0.05) is 0 Å². The van der Waals surface area contributed by atoms with E-state index >= 15 is 0 Å². The molecule has 0 bridgehead atoms. The van der Waals surface area contributed by atoms with Gasteiger partial charge < -0.3 is 0 Å². The second-order valence-electron chi connectivity index (χ2n) is 3.21. The first kappa shape index (κ1) is 14.4. The Hall–Kier alpha value is -0.621. The van der Waals surface area contributed by atoms with E-state index in [-0.39, 0.29) is 0 Å². The molecule has 0 atom stereocenters. The number of hydrogen-bond acceptors (Lipinski definition) is 3. The zero-order chi connectivity index (χ0) is 12.5. The van der Waals surface area contributed by atoms with Gasteiger partial charge in [0.2, 0.25) is 0 Å². The quantitative estimate of drug-likeness (QED) is 0.805. The van der Waals surface area contributed by atoms with Crippen LogP contribution in [0.15, 0.2) is 48.5 Å². The maximum Gasteiger partial charge on any atom is -0.0184 e. The van der Waals surface area contributed by atoms with Gasteiger partial charge in [-0.25, -0.2) is 0 Å². The molecule has 2 aromatic rings. The van der Waals surface area contributed by atoms with Gasteiger partial charge in [-0.05, 0) is 10.8 Å². The molecule has 0 N–H and O–H groups in total. The molecule has 4 heteroatoms. The molecule has 0 heterocycles. The van der Waals surface area contributed by atoms with Crippen LogP contribution in [0.3, 0.4) is 0 Å². The Morgan fingerprint density at radius 2 is 0.941 bits per heavy atom. The van der Waals surface area contributed by atoms with Crippen LogP contribution < -0.4 is 0 Å². The van der Waals surface area contributed by atoms with Gasteiger partial charge in [-0.15, -0.1) is 0 Å². The van der Waals surface area contributed by atoms with Crippen molar-refractivity contribution in [2.75, 3.05) is 21.3 Å². The van der Waals surface area contributed by atoms with Crippen LogP contribution in [0.5, 0.6) is 0 Å². The maximum absolute atomic E-state index is 4.80. The Balaban J connectivity index is 0.000000185. The van der Waals surface area contributed by atoms with Gasteiger partial charge >= 0.3 is 51.6 Å². The summed E-state index contributed by atoms with van der Waals surface area (Å²) < 4.78 is 14.4. The van der Waals surface area contributed by atoms with Gasteiger partial charge in [0.1, 0.15) is 0 Å². The topological polar surface area (TPSA) is 27.7 Å². The number of rotatable bonds is 3. The molecule has 0 aromatic heterocycles. The van der Waals surface area contributed by atoms with Gasteiger partial charge in [0.05, 0.1) is 0 Å². The van der Waals surface area contributed by atoms with Crippen molar-refractivity contribution in [2.45, 2.75) is 0 Å². The summed E-state index contributed by atoms with van der Waals surface area (Å²) in [6, 6.07) is 16.7. The van der Waals surface area contributed by atoms with Crippen LogP contribution in [-0.2, 0) is 9.22 Å². The second kappa shape index (κ2) is 8.47. The van der Waals surface area contributed by atoms with E-state index in [4.69, 9.17) is 9.22 Å². The molecular weight excluding hydrogens is 323 g/mol. The van der Waals surface area contributed by atoms with Crippen molar-refractivity contribution < 1.29 is 9.22 Å². The summed E-state index contributed by atoms with van der Waals surface area (Å²) in [5.74, 6) is 0. The van der Waals surface area contributed by atoms with Gasteiger partial charge in [-0.3, -0.25) is 0 Å². The van der Waals surface area contributed by atoms with Gasteiger partial charge in [-0.2, -0.15) is 0 Å². The largest absolute Gasteiger partial charge is 0.0616 e. The molecule has 1 radical (unpaired) electrons. The van der Waals surface area contributed by atoms with E-state index in [9.17, 15) is 0 Å². The smallest absolute Gasteiger partial charge is 0.0184 e. The first-order valence-electron chi connectivity index (χ1n) is 5.24. The summed E-state index contributed by atoms with van der Waals surface area (Å²) in [7, 11) is 4.80. The van der Waals surface area contributed by atoms with Crippen molar-refractivity contribution in [1.29, 1.82) is 0 Å². The molecule has 0 fully saturated rings. The fraction of sp³-hybridized carbons (Fsp3) is 0.231. The second-order valence-corrected chi connectivity index (χ2v) is 8.13. The predicted molar refractivity (Wildman–Crippen MR) is 70.7 cm³/mol. The van der Waals surface area contributed by atoms with Crippen LogP contribution in [0, 0.1) is 0 Å². The number of hydrogen-bond donors (Lipinski definition) is 0. The standard InChI is InChI=1S/C10H8.3CH3O.Sn/c1-2-6-10-8-4-3-7-9(10)5-1;3*1-2;/h1-8H;3*1H3;/q;3*-1;+3. The van der Waals surface area contributed by atoms with E-state index in [0.717, 1.165) is 0 Å². The average molecular weight is 340 g/mol. The first-order chi connectivity index (χ1) is 8.31. The van der Waals surface area contributed by atoms with E-state index < -0.39 is 21.0 Å². The number of benzene rings is 2.